The number of rotatable bonds is 4. The van der Waals surface area contributed by atoms with Crippen LogP contribution in [0.3, 0.4) is 0 Å². The molecule has 0 saturated heterocycles. The van der Waals surface area contributed by atoms with Crippen LogP contribution in [-0.4, -0.2) is 21.6 Å². The van der Waals surface area contributed by atoms with E-state index in [0.29, 0.717) is 6.04 Å². The molecule has 2 aromatic heterocycles. The van der Waals surface area contributed by atoms with E-state index in [2.05, 4.69) is 27.8 Å². The van der Waals surface area contributed by atoms with Gasteiger partial charge in [-0.05, 0) is 49.1 Å². The molecular formula is C18H19N3O. The zero-order valence-electron chi connectivity index (χ0n) is 12.7. The normalized spacial score (nSPS) is 15.0. The first kappa shape index (κ1) is 13.3. The van der Waals surface area contributed by atoms with Crippen LogP contribution in [0.1, 0.15) is 36.7 Å². The van der Waals surface area contributed by atoms with Crippen molar-refractivity contribution in [2.75, 3.05) is 7.11 Å². The lowest BCUT2D eigenvalue weighted by molar-refractivity contribution is 0.313. The van der Waals surface area contributed by atoms with E-state index in [0.717, 1.165) is 29.2 Å². The standard InChI is InChI=1S/C18H19N3O/c1-22-15-9-7-13(8-10-15)12-17-20-16-6-3-11-19-18(16)21(17)14-4-2-5-14/h3,6-11,14H,2,4-5,12H2,1H3. The molecule has 3 aromatic rings. The lowest BCUT2D eigenvalue weighted by Crippen LogP contribution is -2.19. The predicted molar refractivity (Wildman–Crippen MR) is 86.2 cm³/mol. The summed E-state index contributed by atoms with van der Waals surface area (Å²) in [5.41, 5.74) is 3.27. The van der Waals surface area contributed by atoms with Crippen LogP contribution in [0.2, 0.25) is 0 Å². The molecule has 112 valence electrons. The number of hydrogen-bond donors (Lipinski definition) is 0. The Hall–Kier alpha value is -2.36. The molecule has 1 aliphatic carbocycles. The third-order valence-corrected chi connectivity index (χ3v) is 4.48. The topological polar surface area (TPSA) is 39.9 Å². The summed E-state index contributed by atoms with van der Waals surface area (Å²) >= 11 is 0. The van der Waals surface area contributed by atoms with Crippen molar-refractivity contribution in [3.8, 4) is 5.75 Å². The van der Waals surface area contributed by atoms with Gasteiger partial charge in [0, 0.05) is 18.7 Å². The average Bonchev–Trinajstić information content (AvgIpc) is 2.85. The zero-order chi connectivity index (χ0) is 14.9. The molecule has 1 fully saturated rings. The molecule has 1 saturated carbocycles. The maximum atomic E-state index is 5.23. The van der Waals surface area contributed by atoms with Crippen LogP contribution >= 0.6 is 0 Å². The Kier molecular flexibility index (Phi) is 3.29. The molecule has 2 heterocycles. The van der Waals surface area contributed by atoms with Crippen molar-refractivity contribution >= 4 is 11.2 Å². The number of fused-ring (bicyclic) bond motifs is 1. The van der Waals surface area contributed by atoms with Gasteiger partial charge in [0.25, 0.3) is 0 Å². The third-order valence-electron chi connectivity index (χ3n) is 4.48. The van der Waals surface area contributed by atoms with Crippen LogP contribution in [0.4, 0.5) is 0 Å². The monoisotopic (exact) mass is 293 g/mol. The molecular weight excluding hydrogens is 274 g/mol. The Morgan fingerprint density at radius 3 is 2.68 bits per heavy atom. The highest BCUT2D eigenvalue weighted by atomic mass is 16.5. The number of aromatic nitrogens is 3. The smallest absolute Gasteiger partial charge is 0.160 e. The van der Waals surface area contributed by atoms with Gasteiger partial charge in [-0.2, -0.15) is 0 Å². The number of imidazole rings is 1. The number of nitrogens with zero attached hydrogens (tertiary/aromatic N) is 3. The van der Waals surface area contributed by atoms with Gasteiger partial charge in [-0.3, -0.25) is 0 Å². The van der Waals surface area contributed by atoms with Crippen molar-refractivity contribution in [2.45, 2.75) is 31.7 Å². The first-order chi connectivity index (χ1) is 10.8. The number of pyridine rings is 1. The Balaban J connectivity index is 1.73. The minimum atomic E-state index is 0.563. The van der Waals surface area contributed by atoms with Gasteiger partial charge in [0.05, 0.1) is 7.11 Å². The SMILES string of the molecule is COc1ccc(Cc2nc3cccnc3n2C2CCC2)cc1. The minimum absolute atomic E-state index is 0.563. The van der Waals surface area contributed by atoms with E-state index >= 15 is 0 Å². The highest BCUT2D eigenvalue weighted by molar-refractivity contribution is 5.71. The molecule has 0 bridgehead atoms. The fraction of sp³-hybridized carbons (Fsp3) is 0.333. The molecule has 1 aromatic carbocycles. The van der Waals surface area contributed by atoms with Crippen LogP contribution in [0.25, 0.3) is 11.2 Å². The quantitative estimate of drug-likeness (QED) is 0.735. The largest absolute Gasteiger partial charge is 0.497 e. The lowest BCUT2D eigenvalue weighted by atomic mass is 9.92. The molecule has 0 spiro atoms. The van der Waals surface area contributed by atoms with Crippen molar-refractivity contribution in [1.82, 2.24) is 14.5 Å². The maximum Gasteiger partial charge on any atom is 0.160 e. The highest BCUT2D eigenvalue weighted by Crippen LogP contribution is 2.35. The lowest BCUT2D eigenvalue weighted by Gasteiger charge is -2.28. The van der Waals surface area contributed by atoms with Crippen molar-refractivity contribution in [3.05, 3.63) is 54.0 Å². The molecule has 1 aliphatic rings. The van der Waals surface area contributed by atoms with Gasteiger partial charge in [0.1, 0.15) is 17.1 Å². The molecule has 4 nitrogen and oxygen atoms in total. The van der Waals surface area contributed by atoms with Gasteiger partial charge < -0.3 is 9.30 Å². The Labute approximate surface area is 129 Å². The summed E-state index contributed by atoms with van der Waals surface area (Å²) in [6.07, 6.45) is 6.46. The molecule has 4 rings (SSSR count). The van der Waals surface area contributed by atoms with E-state index < -0.39 is 0 Å². The molecule has 0 amide bonds. The van der Waals surface area contributed by atoms with E-state index in [1.54, 1.807) is 7.11 Å². The van der Waals surface area contributed by atoms with Crippen molar-refractivity contribution in [1.29, 1.82) is 0 Å². The van der Waals surface area contributed by atoms with Crippen molar-refractivity contribution in [3.63, 3.8) is 0 Å². The molecule has 0 N–H and O–H groups in total. The third kappa shape index (κ3) is 2.25. The summed E-state index contributed by atoms with van der Waals surface area (Å²) in [7, 11) is 1.69. The second kappa shape index (κ2) is 5.44. The zero-order valence-corrected chi connectivity index (χ0v) is 12.7. The van der Waals surface area contributed by atoms with Crippen LogP contribution in [0, 0.1) is 0 Å². The van der Waals surface area contributed by atoms with Gasteiger partial charge in [0.15, 0.2) is 5.65 Å². The van der Waals surface area contributed by atoms with Crippen molar-refractivity contribution < 1.29 is 4.74 Å². The fourth-order valence-corrected chi connectivity index (χ4v) is 3.06. The van der Waals surface area contributed by atoms with E-state index in [4.69, 9.17) is 9.72 Å². The highest BCUT2D eigenvalue weighted by Gasteiger charge is 2.25. The second-order valence-electron chi connectivity index (χ2n) is 5.85. The molecule has 4 heteroatoms. The molecule has 0 aliphatic heterocycles. The first-order valence-corrected chi connectivity index (χ1v) is 7.80. The Morgan fingerprint density at radius 1 is 1.18 bits per heavy atom. The predicted octanol–water partition coefficient (Wildman–Crippen LogP) is 3.76. The molecule has 22 heavy (non-hydrogen) atoms. The Bertz CT molecular complexity index is 788. The number of hydrogen-bond acceptors (Lipinski definition) is 3. The molecule has 0 radical (unpaired) electrons. The van der Waals surface area contributed by atoms with Gasteiger partial charge in [0.2, 0.25) is 0 Å². The van der Waals surface area contributed by atoms with Gasteiger partial charge in [-0.25, -0.2) is 9.97 Å². The summed E-state index contributed by atoms with van der Waals surface area (Å²) < 4.78 is 7.58. The minimum Gasteiger partial charge on any atom is -0.497 e. The fourth-order valence-electron chi connectivity index (χ4n) is 3.06. The number of methoxy groups -OCH3 is 1. The van der Waals surface area contributed by atoms with Crippen LogP contribution in [0.15, 0.2) is 42.6 Å². The average molecular weight is 293 g/mol. The van der Waals surface area contributed by atoms with Crippen LogP contribution in [0.5, 0.6) is 5.75 Å². The number of benzene rings is 1. The molecule has 0 unspecified atom stereocenters. The maximum absolute atomic E-state index is 5.23. The van der Waals surface area contributed by atoms with E-state index in [1.165, 1.54) is 24.8 Å². The van der Waals surface area contributed by atoms with E-state index in [9.17, 15) is 0 Å². The Morgan fingerprint density at radius 2 is 2.00 bits per heavy atom. The summed E-state index contributed by atoms with van der Waals surface area (Å²) in [4.78, 5) is 9.38. The van der Waals surface area contributed by atoms with Gasteiger partial charge in [-0.1, -0.05) is 12.1 Å². The van der Waals surface area contributed by atoms with Crippen molar-refractivity contribution in [2.24, 2.45) is 0 Å². The van der Waals surface area contributed by atoms with E-state index in [1.807, 2.05) is 24.4 Å². The summed E-state index contributed by atoms with van der Waals surface area (Å²) in [5, 5.41) is 0. The summed E-state index contributed by atoms with van der Waals surface area (Å²) in [5.74, 6) is 2.00. The van der Waals surface area contributed by atoms with Crippen LogP contribution in [-0.2, 0) is 6.42 Å². The van der Waals surface area contributed by atoms with Gasteiger partial charge >= 0.3 is 0 Å². The van der Waals surface area contributed by atoms with Crippen LogP contribution < -0.4 is 4.74 Å². The summed E-state index contributed by atoms with van der Waals surface area (Å²) in [6, 6.07) is 12.8. The van der Waals surface area contributed by atoms with Gasteiger partial charge in [-0.15, -0.1) is 0 Å². The first-order valence-electron chi connectivity index (χ1n) is 7.80. The second-order valence-corrected chi connectivity index (χ2v) is 5.85. The molecule has 0 atom stereocenters. The summed E-state index contributed by atoms with van der Waals surface area (Å²) in [6.45, 7) is 0. The number of ether oxygens (including phenoxy) is 1. The van der Waals surface area contributed by atoms with E-state index in [-0.39, 0.29) is 0 Å².